The number of carbonyl (C=O) groups excluding carboxylic acids is 1. The van der Waals surface area contributed by atoms with Gasteiger partial charge in [0.05, 0.1) is 17.2 Å². The molecule has 0 unspecified atom stereocenters. The predicted molar refractivity (Wildman–Crippen MR) is 75.9 cm³/mol. The summed E-state index contributed by atoms with van der Waals surface area (Å²) in [4.78, 5) is 17.8. The van der Waals surface area contributed by atoms with Crippen molar-refractivity contribution in [2.24, 2.45) is 5.84 Å². The molecular weight excluding hydrogens is 254 g/mol. The molecule has 2 aromatic rings. The summed E-state index contributed by atoms with van der Waals surface area (Å²) in [5.74, 6) is 5.52. The van der Waals surface area contributed by atoms with E-state index in [1.165, 1.54) is 11.1 Å². The van der Waals surface area contributed by atoms with E-state index in [-0.39, 0.29) is 5.91 Å². The zero-order chi connectivity index (χ0) is 14.5. The second kappa shape index (κ2) is 5.82. The molecule has 0 aliphatic heterocycles. The standard InChI is InChI=1S/C14H13N5O/c1-19(12-5-2-10(8-15)3-6-12)14(20)11-4-7-13(18-16)17-9-11/h2-7,9H,16H2,1H3,(H,17,18). The lowest BCUT2D eigenvalue weighted by molar-refractivity contribution is 0.0992. The summed E-state index contributed by atoms with van der Waals surface area (Å²) in [7, 11) is 1.67. The Kier molecular flexibility index (Phi) is 3.93. The number of nitrogens with one attached hydrogen (secondary N) is 1. The van der Waals surface area contributed by atoms with E-state index in [2.05, 4.69) is 10.4 Å². The van der Waals surface area contributed by atoms with E-state index in [1.807, 2.05) is 6.07 Å². The molecule has 2 rings (SSSR count). The van der Waals surface area contributed by atoms with Crippen molar-refractivity contribution in [2.75, 3.05) is 17.4 Å². The maximum atomic E-state index is 12.3. The number of nitrogen functional groups attached to an aromatic ring is 1. The number of nitrogens with zero attached hydrogens (tertiary/aromatic N) is 3. The highest BCUT2D eigenvalue weighted by atomic mass is 16.2. The Balaban J connectivity index is 2.20. The van der Waals surface area contributed by atoms with Crippen LogP contribution in [0.4, 0.5) is 11.5 Å². The van der Waals surface area contributed by atoms with Gasteiger partial charge in [-0.3, -0.25) is 4.79 Å². The van der Waals surface area contributed by atoms with Gasteiger partial charge in [-0.2, -0.15) is 5.26 Å². The number of benzene rings is 1. The van der Waals surface area contributed by atoms with E-state index in [0.29, 0.717) is 22.6 Å². The Morgan fingerprint density at radius 1 is 1.30 bits per heavy atom. The molecule has 0 atom stereocenters. The van der Waals surface area contributed by atoms with Crippen molar-refractivity contribution in [3.8, 4) is 6.07 Å². The minimum Gasteiger partial charge on any atom is -0.311 e. The first kappa shape index (κ1) is 13.5. The highest BCUT2D eigenvalue weighted by Gasteiger charge is 2.13. The Hall–Kier alpha value is -2.91. The summed E-state index contributed by atoms with van der Waals surface area (Å²) in [6.07, 6.45) is 1.46. The molecule has 0 bridgehead atoms. The van der Waals surface area contributed by atoms with Gasteiger partial charge < -0.3 is 10.3 Å². The molecule has 6 heteroatoms. The number of pyridine rings is 1. The van der Waals surface area contributed by atoms with E-state index in [1.54, 1.807) is 43.4 Å². The minimum atomic E-state index is -0.189. The SMILES string of the molecule is CN(C(=O)c1ccc(NN)nc1)c1ccc(C#N)cc1. The van der Waals surface area contributed by atoms with Crippen molar-refractivity contribution in [3.63, 3.8) is 0 Å². The molecule has 20 heavy (non-hydrogen) atoms. The summed E-state index contributed by atoms with van der Waals surface area (Å²) < 4.78 is 0. The zero-order valence-electron chi connectivity index (χ0n) is 10.9. The zero-order valence-corrected chi connectivity index (χ0v) is 10.9. The summed E-state index contributed by atoms with van der Waals surface area (Å²) >= 11 is 0. The molecule has 0 saturated heterocycles. The van der Waals surface area contributed by atoms with Crippen LogP contribution in [0.1, 0.15) is 15.9 Å². The third-order valence-electron chi connectivity index (χ3n) is 2.85. The molecule has 1 heterocycles. The highest BCUT2D eigenvalue weighted by molar-refractivity contribution is 6.05. The highest BCUT2D eigenvalue weighted by Crippen LogP contribution is 2.16. The van der Waals surface area contributed by atoms with Gasteiger partial charge in [0.1, 0.15) is 5.82 Å². The van der Waals surface area contributed by atoms with Crippen LogP contribution in [0.5, 0.6) is 0 Å². The Morgan fingerprint density at radius 3 is 2.50 bits per heavy atom. The molecule has 100 valence electrons. The minimum absolute atomic E-state index is 0.189. The van der Waals surface area contributed by atoms with Gasteiger partial charge in [0.15, 0.2) is 0 Å². The number of nitriles is 1. The lowest BCUT2D eigenvalue weighted by Gasteiger charge is -2.17. The molecule has 0 saturated carbocycles. The average Bonchev–Trinajstić information content (AvgIpc) is 2.53. The molecule has 1 aromatic carbocycles. The number of anilines is 2. The smallest absolute Gasteiger partial charge is 0.259 e. The van der Waals surface area contributed by atoms with Crippen LogP contribution in [0.3, 0.4) is 0 Å². The van der Waals surface area contributed by atoms with Crippen LogP contribution in [0, 0.1) is 11.3 Å². The van der Waals surface area contributed by atoms with Crippen molar-refractivity contribution >= 4 is 17.4 Å². The van der Waals surface area contributed by atoms with E-state index in [0.717, 1.165) is 0 Å². The normalized spacial score (nSPS) is 9.65. The van der Waals surface area contributed by atoms with Gasteiger partial charge in [-0.1, -0.05) is 0 Å². The molecule has 6 nitrogen and oxygen atoms in total. The molecule has 1 aromatic heterocycles. The van der Waals surface area contributed by atoms with Crippen LogP contribution in [0.2, 0.25) is 0 Å². The third kappa shape index (κ3) is 2.74. The number of hydrogen-bond donors (Lipinski definition) is 2. The van der Waals surface area contributed by atoms with Gasteiger partial charge in [0.25, 0.3) is 5.91 Å². The largest absolute Gasteiger partial charge is 0.311 e. The second-order valence-corrected chi connectivity index (χ2v) is 4.10. The van der Waals surface area contributed by atoms with Crippen molar-refractivity contribution in [2.45, 2.75) is 0 Å². The monoisotopic (exact) mass is 267 g/mol. The Labute approximate surface area is 116 Å². The van der Waals surface area contributed by atoms with E-state index in [9.17, 15) is 4.79 Å². The van der Waals surface area contributed by atoms with Crippen LogP contribution in [-0.2, 0) is 0 Å². The number of aromatic nitrogens is 1. The first-order valence-electron chi connectivity index (χ1n) is 5.86. The van der Waals surface area contributed by atoms with Gasteiger partial charge >= 0.3 is 0 Å². The van der Waals surface area contributed by atoms with Crippen LogP contribution < -0.4 is 16.2 Å². The predicted octanol–water partition coefficient (Wildman–Crippen LogP) is 1.52. The number of rotatable bonds is 3. The summed E-state index contributed by atoms with van der Waals surface area (Å²) in [5.41, 5.74) is 4.11. The van der Waals surface area contributed by atoms with Crippen molar-refractivity contribution in [1.29, 1.82) is 5.26 Å². The summed E-state index contributed by atoms with van der Waals surface area (Å²) in [5, 5.41) is 8.75. The van der Waals surface area contributed by atoms with E-state index >= 15 is 0 Å². The number of nitrogens with two attached hydrogens (primary N) is 1. The number of amides is 1. The fourth-order valence-corrected chi connectivity index (χ4v) is 1.68. The maximum Gasteiger partial charge on any atom is 0.259 e. The molecule has 1 amide bonds. The lowest BCUT2D eigenvalue weighted by Crippen LogP contribution is -2.26. The van der Waals surface area contributed by atoms with Crippen LogP contribution in [0.25, 0.3) is 0 Å². The Morgan fingerprint density at radius 2 is 2.00 bits per heavy atom. The molecule has 3 N–H and O–H groups in total. The van der Waals surface area contributed by atoms with E-state index < -0.39 is 0 Å². The summed E-state index contributed by atoms with van der Waals surface area (Å²) in [6, 6.07) is 12.1. The van der Waals surface area contributed by atoms with Crippen LogP contribution >= 0.6 is 0 Å². The van der Waals surface area contributed by atoms with E-state index in [4.69, 9.17) is 11.1 Å². The van der Waals surface area contributed by atoms with Gasteiger partial charge in [-0.15, -0.1) is 0 Å². The Bertz CT molecular complexity index is 643. The molecule has 0 aliphatic rings. The quantitative estimate of drug-likeness (QED) is 0.649. The molecule has 0 spiro atoms. The van der Waals surface area contributed by atoms with Gasteiger partial charge in [-0.25, -0.2) is 10.8 Å². The van der Waals surface area contributed by atoms with Crippen LogP contribution in [-0.4, -0.2) is 17.9 Å². The fraction of sp³-hybridized carbons (Fsp3) is 0.0714. The third-order valence-corrected chi connectivity index (χ3v) is 2.85. The number of hydrazine groups is 1. The topological polar surface area (TPSA) is 95.0 Å². The van der Waals surface area contributed by atoms with Gasteiger partial charge in [-0.05, 0) is 36.4 Å². The van der Waals surface area contributed by atoms with Crippen LogP contribution in [0.15, 0.2) is 42.6 Å². The van der Waals surface area contributed by atoms with Crippen molar-refractivity contribution in [3.05, 3.63) is 53.7 Å². The number of hydrogen-bond acceptors (Lipinski definition) is 5. The first-order valence-corrected chi connectivity index (χ1v) is 5.86. The van der Waals surface area contributed by atoms with Gasteiger partial charge in [0, 0.05) is 18.9 Å². The van der Waals surface area contributed by atoms with Gasteiger partial charge in [0.2, 0.25) is 0 Å². The van der Waals surface area contributed by atoms with Crippen molar-refractivity contribution in [1.82, 2.24) is 4.98 Å². The fourth-order valence-electron chi connectivity index (χ4n) is 1.68. The first-order chi connectivity index (χ1) is 9.65. The number of carbonyl (C=O) groups is 1. The molecule has 0 aliphatic carbocycles. The molecule has 0 radical (unpaired) electrons. The average molecular weight is 267 g/mol. The molecule has 0 fully saturated rings. The maximum absolute atomic E-state index is 12.3. The lowest BCUT2D eigenvalue weighted by atomic mass is 10.2. The summed E-state index contributed by atoms with van der Waals surface area (Å²) in [6.45, 7) is 0. The molecular formula is C14H13N5O. The second-order valence-electron chi connectivity index (χ2n) is 4.10. The van der Waals surface area contributed by atoms with Crippen molar-refractivity contribution < 1.29 is 4.79 Å².